The van der Waals surface area contributed by atoms with Gasteiger partial charge in [-0.2, -0.15) is 0 Å². The zero-order chi connectivity index (χ0) is 13.5. The maximum Gasteiger partial charge on any atom is 0.0558 e. The molecule has 0 bridgehead atoms. The topological polar surface area (TPSA) is 62.4 Å². The average Bonchev–Trinajstić information content (AvgIpc) is 2.49. The van der Waals surface area contributed by atoms with Gasteiger partial charge in [-0.05, 0) is 24.5 Å². The van der Waals surface area contributed by atoms with Crippen LogP contribution >= 0.6 is 0 Å². The zero-order valence-electron chi connectivity index (χ0n) is 11.5. The van der Waals surface area contributed by atoms with Crippen molar-refractivity contribution in [3.8, 4) is 0 Å². The molecule has 1 heterocycles. The lowest BCUT2D eigenvalue weighted by molar-refractivity contribution is 0.0828. The van der Waals surface area contributed by atoms with Gasteiger partial charge in [0.2, 0.25) is 0 Å². The van der Waals surface area contributed by atoms with E-state index in [1.54, 1.807) is 6.20 Å². The van der Waals surface area contributed by atoms with Crippen LogP contribution in [0.3, 0.4) is 0 Å². The second-order valence-electron chi connectivity index (χ2n) is 5.29. The van der Waals surface area contributed by atoms with Crippen molar-refractivity contribution < 1.29 is 5.11 Å². The van der Waals surface area contributed by atoms with E-state index in [0.717, 1.165) is 5.56 Å². The highest BCUT2D eigenvalue weighted by Crippen LogP contribution is 2.29. The SMILES string of the molecule is NCC(c1cccnc1)N(CCO)C1CCCCC1. The van der Waals surface area contributed by atoms with Gasteiger partial charge in [0.05, 0.1) is 6.61 Å². The Kier molecular flexibility index (Phi) is 5.76. The first-order valence-electron chi connectivity index (χ1n) is 7.33. The van der Waals surface area contributed by atoms with Crippen LogP contribution in [0.5, 0.6) is 0 Å². The largest absolute Gasteiger partial charge is 0.395 e. The molecule has 1 fully saturated rings. The summed E-state index contributed by atoms with van der Waals surface area (Å²) >= 11 is 0. The molecule has 2 rings (SSSR count). The van der Waals surface area contributed by atoms with Crippen LogP contribution in [0.25, 0.3) is 0 Å². The first kappa shape index (κ1) is 14.4. The minimum Gasteiger partial charge on any atom is -0.395 e. The lowest BCUT2D eigenvalue weighted by Gasteiger charge is -2.39. The minimum absolute atomic E-state index is 0.170. The van der Waals surface area contributed by atoms with Gasteiger partial charge < -0.3 is 10.8 Å². The number of rotatable bonds is 6. The highest BCUT2D eigenvalue weighted by Gasteiger charge is 2.27. The summed E-state index contributed by atoms with van der Waals surface area (Å²) in [6.45, 7) is 1.46. The van der Waals surface area contributed by atoms with Crippen LogP contribution in [-0.4, -0.2) is 40.7 Å². The van der Waals surface area contributed by atoms with Gasteiger partial charge in [-0.25, -0.2) is 0 Å². The van der Waals surface area contributed by atoms with Crippen molar-refractivity contribution in [2.24, 2.45) is 5.73 Å². The van der Waals surface area contributed by atoms with Crippen LogP contribution in [0.15, 0.2) is 24.5 Å². The third-order valence-electron chi connectivity index (χ3n) is 4.09. The zero-order valence-corrected chi connectivity index (χ0v) is 11.5. The minimum atomic E-state index is 0.170. The second-order valence-corrected chi connectivity index (χ2v) is 5.29. The van der Waals surface area contributed by atoms with Crippen LogP contribution in [0, 0.1) is 0 Å². The predicted octanol–water partition coefficient (Wildman–Crippen LogP) is 1.71. The molecule has 1 aliphatic rings. The van der Waals surface area contributed by atoms with Crippen molar-refractivity contribution >= 4 is 0 Å². The van der Waals surface area contributed by atoms with Gasteiger partial charge in [0, 0.05) is 37.6 Å². The fourth-order valence-corrected chi connectivity index (χ4v) is 3.16. The highest BCUT2D eigenvalue weighted by molar-refractivity contribution is 5.15. The number of aliphatic hydroxyl groups excluding tert-OH is 1. The molecule has 1 unspecified atom stereocenters. The molecule has 0 spiro atoms. The normalized spacial score (nSPS) is 18.7. The van der Waals surface area contributed by atoms with Crippen molar-refractivity contribution in [3.05, 3.63) is 30.1 Å². The van der Waals surface area contributed by atoms with Crippen LogP contribution in [0.4, 0.5) is 0 Å². The van der Waals surface area contributed by atoms with Gasteiger partial charge in [0.15, 0.2) is 0 Å². The van der Waals surface area contributed by atoms with Gasteiger partial charge in [-0.15, -0.1) is 0 Å². The maximum absolute atomic E-state index is 9.36. The Labute approximate surface area is 115 Å². The second kappa shape index (κ2) is 7.58. The highest BCUT2D eigenvalue weighted by atomic mass is 16.3. The first-order valence-corrected chi connectivity index (χ1v) is 7.33. The number of nitrogens with two attached hydrogens (primary N) is 1. The van der Waals surface area contributed by atoms with E-state index in [2.05, 4.69) is 16.0 Å². The summed E-state index contributed by atoms with van der Waals surface area (Å²) in [5.74, 6) is 0. The third kappa shape index (κ3) is 3.75. The standard InChI is InChI=1S/C15H25N3O/c16-11-15(13-5-4-8-17-12-13)18(9-10-19)14-6-2-1-3-7-14/h4-5,8,12,14-15,19H,1-3,6-7,9-11,16H2. The van der Waals surface area contributed by atoms with Gasteiger partial charge in [-0.1, -0.05) is 25.3 Å². The summed E-state index contributed by atoms with van der Waals surface area (Å²) in [5, 5.41) is 9.36. The molecule has 0 amide bonds. The van der Waals surface area contributed by atoms with Gasteiger partial charge in [-0.3, -0.25) is 9.88 Å². The molecule has 1 aliphatic carbocycles. The fraction of sp³-hybridized carbons (Fsp3) is 0.667. The molecule has 0 saturated heterocycles. The van der Waals surface area contributed by atoms with Crippen molar-refractivity contribution in [2.75, 3.05) is 19.7 Å². The molecular formula is C15H25N3O. The molecule has 1 aromatic heterocycles. The van der Waals surface area contributed by atoms with E-state index < -0.39 is 0 Å². The van der Waals surface area contributed by atoms with Gasteiger partial charge in [0.25, 0.3) is 0 Å². The van der Waals surface area contributed by atoms with E-state index >= 15 is 0 Å². The third-order valence-corrected chi connectivity index (χ3v) is 4.09. The fourth-order valence-electron chi connectivity index (χ4n) is 3.16. The molecule has 0 aliphatic heterocycles. The average molecular weight is 263 g/mol. The Hall–Kier alpha value is -0.970. The number of aromatic nitrogens is 1. The van der Waals surface area contributed by atoms with E-state index in [4.69, 9.17) is 5.73 Å². The summed E-state index contributed by atoms with van der Waals surface area (Å²) in [7, 11) is 0. The Bertz CT molecular complexity index is 352. The van der Waals surface area contributed by atoms with E-state index in [9.17, 15) is 5.11 Å². The number of hydrogen-bond acceptors (Lipinski definition) is 4. The van der Waals surface area contributed by atoms with E-state index in [1.807, 2.05) is 12.3 Å². The van der Waals surface area contributed by atoms with Crippen LogP contribution in [0.1, 0.15) is 43.7 Å². The molecule has 3 N–H and O–H groups in total. The molecule has 4 nitrogen and oxygen atoms in total. The van der Waals surface area contributed by atoms with Crippen molar-refractivity contribution in [2.45, 2.75) is 44.2 Å². The predicted molar refractivity (Wildman–Crippen MR) is 76.7 cm³/mol. The van der Waals surface area contributed by atoms with E-state index in [-0.39, 0.29) is 12.6 Å². The van der Waals surface area contributed by atoms with Crippen LogP contribution in [0.2, 0.25) is 0 Å². The maximum atomic E-state index is 9.36. The Balaban J connectivity index is 2.15. The molecule has 0 radical (unpaired) electrons. The Morgan fingerprint density at radius 1 is 1.37 bits per heavy atom. The molecular weight excluding hydrogens is 238 g/mol. The summed E-state index contributed by atoms with van der Waals surface area (Å²) < 4.78 is 0. The molecule has 106 valence electrons. The summed E-state index contributed by atoms with van der Waals surface area (Å²) in [6, 6.07) is 4.76. The number of hydrogen-bond donors (Lipinski definition) is 2. The van der Waals surface area contributed by atoms with Crippen LogP contribution < -0.4 is 5.73 Å². The van der Waals surface area contributed by atoms with Gasteiger partial charge >= 0.3 is 0 Å². The molecule has 4 heteroatoms. The van der Waals surface area contributed by atoms with E-state index in [0.29, 0.717) is 19.1 Å². The summed E-state index contributed by atoms with van der Waals surface area (Å²) in [6.07, 6.45) is 10.0. The van der Waals surface area contributed by atoms with Crippen molar-refractivity contribution in [1.82, 2.24) is 9.88 Å². The lowest BCUT2D eigenvalue weighted by Crippen LogP contribution is -2.44. The van der Waals surface area contributed by atoms with Gasteiger partial charge in [0.1, 0.15) is 0 Å². The molecule has 19 heavy (non-hydrogen) atoms. The summed E-state index contributed by atoms with van der Waals surface area (Å²) in [4.78, 5) is 6.58. The van der Waals surface area contributed by atoms with Crippen molar-refractivity contribution in [3.63, 3.8) is 0 Å². The monoisotopic (exact) mass is 263 g/mol. The Morgan fingerprint density at radius 2 is 2.16 bits per heavy atom. The molecule has 1 atom stereocenters. The number of pyridine rings is 1. The number of nitrogens with zero attached hydrogens (tertiary/aromatic N) is 2. The molecule has 1 saturated carbocycles. The smallest absolute Gasteiger partial charge is 0.0558 e. The van der Waals surface area contributed by atoms with Crippen molar-refractivity contribution in [1.29, 1.82) is 0 Å². The lowest BCUT2D eigenvalue weighted by atomic mass is 9.92. The Morgan fingerprint density at radius 3 is 2.74 bits per heavy atom. The molecule has 0 aromatic carbocycles. The molecule has 1 aromatic rings. The quantitative estimate of drug-likeness (QED) is 0.820. The van der Waals surface area contributed by atoms with Crippen LogP contribution in [-0.2, 0) is 0 Å². The summed E-state index contributed by atoms with van der Waals surface area (Å²) in [5.41, 5.74) is 7.15. The van der Waals surface area contributed by atoms with E-state index in [1.165, 1.54) is 32.1 Å². The first-order chi connectivity index (χ1) is 9.36. The number of aliphatic hydroxyl groups is 1.